The second-order valence-electron chi connectivity index (χ2n) is 6.36. The summed E-state index contributed by atoms with van der Waals surface area (Å²) < 4.78 is 73.5. The summed E-state index contributed by atoms with van der Waals surface area (Å²) >= 11 is 0. The van der Waals surface area contributed by atoms with Crippen LogP contribution in [0.1, 0.15) is 15.9 Å². The summed E-state index contributed by atoms with van der Waals surface area (Å²) in [6.07, 6.45) is 0. The van der Waals surface area contributed by atoms with E-state index in [2.05, 4.69) is 10.3 Å². The van der Waals surface area contributed by atoms with Crippen LogP contribution in [0.5, 0.6) is 0 Å². The fourth-order valence-corrected chi connectivity index (χ4v) is 2.98. The van der Waals surface area contributed by atoms with Crippen LogP contribution in [0.2, 0.25) is 0 Å². The summed E-state index contributed by atoms with van der Waals surface area (Å²) in [6.45, 7) is 1.58. The van der Waals surface area contributed by atoms with Crippen molar-refractivity contribution in [2.24, 2.45) is 0 Å². The quantitative estimate of drug-likeness (QED) is 0.262. The number of anilines is 1. The number of oxazole rings is 1. The van der Waals surface area contributed by atoms with Gasteiger partial charge in [-0.25, -0.2) is 26.9 Å². The molecule has 0 atom stereocenters. The first-order chi connectivity index (χ1) is 14.3. The second-order valence-corrected chi connectivity index (χ2v) is 6.36. The van der Waals surface area contributed by atoms with E-state index in [1.807, 2.05) is 0 Å². The summed E-state index contributed by atoms with van der Waals surface area (Å²) in [4.78, 5) is 16.7. The first kappa shape index (κ1) is 19.6. The lowest BCUT2D eigenvalue weighted by molar-refractivity contribution is 0.101. The first-order valence-electron chi connectivity index (χ1n) is 8.58. The highest BCUT2D eigenvalue weighted by Crippen LogP contribution is 2.31. The number of rotatable bonds is 3. The van der Waals surface area contributed by atoms with Gasteiger partial charge in [-0.2, -0.15) is 0 Å². The molecule has 0 fully saturated rings. The van der Waals surface area contributed by atoms with E-state index in [4.69, 9.17) is 4.42 Å². The van der Waals surface area contributed by atoms with Gasteiger partial charge in [-0.05, 0) is 36.8 Å². The van der Waals surface area contributed by atoms with Crippen LogP contribution in [-0.2, 0) is 0 Å². The SMILES string of the molecule is Cc1c(NC(=O)c2c(F)c(F)c(F)c(F)c2F)cccc1-c1nc2ccccc2o1. The van der Waals surface area contributed by atoms with Gasteiger partial charge in [0.1, 0.15) is 11.1 Å². The van der Waals surface area contributed by atoms with E-state index < -0.39 is 40.6 Å². The summed E-state index contributed by atoms with van der Waals surface area (Å²) in [5.74, 6) is -12.4. The third-order valence-electron chi connectivity index (χ3n) is 4.54. The third-order valence-corrected chi connectivity index (χ3v) is 4.54. The van der Waals surface area contributed by atoms with Crippen molar-refractivity contribution < 1.29 is 31.2 Å². The van der Waals surface area contributed by atoms with Gasteiger partial charge in [0.25, 0.3) is 5.91 Å². The molecule has 0 radical (unpaired) electrons. The van der Waals surface area contributed by atoms with Crippen molar-refractivity contribution in [2.75, 3.05) is 5.32 Å². The number of nitrogens with zero attached hydrogens (tertiary/aromatic N) is 1. The highest BCUT2D eigenvalue weighted by Gasteiger charge is 2.30. The molecule has 4 nitrogen and oxygen atoms in total. The van der Waals surface area contributed by atoms with Crippen molar-refractivity contribution in [1.29, 1.82) is 0 Å². The molecule has 0 aliphatic carbocycles. The fraction of sp³-hybridized carbons (Fsp3) is 0.0476. The molecule has 1 heterocycles. The maximum absolute atomic E-state index is 13.9. The Morgan fingerprint density at radius 1 is 0.867 bits per heavy atom. The maximum Gasteiger partial charge on any atom is 0.261 e. The second kappa shape index (κ2) is 7.25. The van der Waals surface area contributed by atoms with Crippen molar-refractivity contribution in [3.05, 3.63) is 82.7 Å². The lowest BCUT2D eigenvalue weighted by atomic mass is 10.1. The standard InChI is InChI=1S/C21H11F5N2O2/c1-9-10(21-28-12-6-2-3-8-13(12)30-21)5-4-7-11(9)27-20(29)14-15(22)17(24)19(26)18(25)16(14)23/h2-8H,1H3,(H,27,29). The number of hydrogen-bond donors (Lipinski definition) is 1. The molecule has 1 N–H and O–H groups in total. The van der Waals surface area contributed by atoms with E-state index in [0.717, 1.165) is 0 Å². The van der Waals surface area contributed by atoms with Gasteiger partial charge < -0.3 is 9.73 Å². The average Bonchev–Trinajstić information content (AvgIpc) is 3.16. The molecular formula is C21H11F5N2O2. The molecule has 1 amide bonds. The number of carbonyl (C=O) groups excluding carboxylic acids is 1. The van der Waals surface area contributed by atoms with Crippen molar-refractivity contribution in [2.45, 2.75) is 6.92 Å². The van der Waals surface area contributed by atoms with Crippen molar-refractivity contribution >= 4 is 22.7 Å². The zero-order valence-corrected chi connectivity index (χ0v) is 15.2. The Morgan fingerprint density at radius 2 is 1.50 bits per heavy atom. The Kier molecular flexibility index (Phi) is 4.73. The molecule has 0 spiro atoms. The lowest BCUT2D eigenvalue weighted by Gasteiger charge is -2.12. The monoisotopic (exact) mass is 418 g/mol. The Balaban J connectivity index is 1.73. The molecule has 1 aromatic heterocycles. The molecule has 0 bridgehead atoms. The third kappa shape index (κ3) is 3.08. The summed E-state index contributed by atoms with van der Waals surface area (Å²) in [5.41, 5.74) is 0.537. The number of amides is 1. The predicted octanol–water partition coefficient (Wildman–Crippen LogP) is 5.75. The van der Waals surface area contributed by atoms with E-state index in [1.165, 1.54) is 12.1 Å². The zero-order chi connectivity index (χ0) is 21.6. The smallest absolute Gasteiger partial charge is 0.261 e. The predicted molar refractivity (Wildman–Crippen MR) is 98.4 cm³/mol. The Morgan fingerprint density at radius 3 is 2.17 bits per heavy atom. The van der Waals surface area contributed by atoms with Crippen LogP contribution in [0.3, 0.4) is 0 Å². The summed E-state index contributed by atoms with van der Waals surface area (Å²) in [5, 5.41) is 2.18. The van der Waals surface area contributed by atoms with Gasteiger partial charge in [0, 0.05) is 11.3 Å². The molecular weight excluding hydrogens is 407 g/mol. The van der Waals surface area contributed by atoms with Crippen molar-refractivity contribution in [3.8, 4) is 11.5 Å². The number of fused-ring (bicyclic) bond motifs is 1. The van der Waals surface area contributed by atoms with Crippen LogP contribution >= 0.6 is 0 Å². The molecule has 30 heavy (non-hydrogen) atoms. The van der Waals surface area contributed by atoms with E-state index >= 15 is 0 Å². The minimum absolute atomic E-state index is 0.0868. The zero-order valence-electron chi connectivity index (χ0n) is 15.2. The summed E-state index contributed by atoms with van der Waals surface area (Å²) in [6, 6.07) is 11.6. The number of nitrogens with one attached hydrogen (secondary N) is 1. The van der Waals surface area contributed by atoms with Gasteiger partial charge in [0.05, 0.1) is 0 Å². The largest absolute Gasteiger partial charge is 0.436 e. The van der Waals surface area contributed by atoms with Gasteiger partial charge >= 0.3 is 0 Å². The molecule has 3 aromatic carbocycles. The Bertz CT molecular complexity index is 1250. The Hall–Kier alpha value is -3.75. The van der Waals surface area contributed by atoms with Gasteiger partial charge in [-0.3, -0.25) is 4.79 Å². The number of carbonyl (C=O) groups is 1. The molecule has 9 heteroatoms. The topological polar surface area (TPSA) is 55.1 Å². The van der Waals surface area contributed by atoms with Gasteiger partial charge in [0.2, 0.25) is 11.7 Å². The van der Waals surface area contributed by atoms with Crippen LogP contribution in [0, 0.1) is 36.0 Å². The highest BCUT2D eigenvalue weighted by molar-refractivity contribution is 6.05. The van der Waals surface area contributed by atoms with E-state index in [0.29, 0.717) is 22.2 Å². The molecule has 0 unspecified atom stereocenters. The maximum atomic E-state index is 13.9. The number of halogens is 5. The minimum Gasteiger partial charge on any atom is -0.436 e. The van der Waals surface area contributed by atoms with E-state index in [9.17, 15) is 26.7 Å². The lowest BCUT2D eigenvalue weighted by Crippen LogP contribution is -2.19. The van der Waals surface area contributed by atoms with Crippen LogP contribution in [-0.4, -0.2) is 10.9 Å². The molecule has 4 rings (SSSR count). The minimum atomic E-state index is -2.34. The number of aromatic nitrogens is 1. The van der Waals surface area contributed by atoms with Gasteiger partial charge in [-0.15, -0.1) is 0 Å². The number of benzene rings is 3. The molecule has 0 aliphatic rings. The van der Waals surface area contributed by atoms with E-state index in [1.54, 1.807) is 37.3 Å². The van der Waals surface area contributed by atoms with E-state index in [-0.39, 0.29) is 11.6 Å². The molecule has 0 saturated carbocycles. The van der Waals surface area contributed by atoms with Crippen molar-refractivity contribution in [3.63, 3.8) is 0 Å². The molecule has 4 aromatic rings. The number of hydrogen-bond acceptors (Lipinski definition) is 3. The molecule has 152 valence electrons. The average molecular weight is 418 g/mol. The van der Waals surface area contributed by atoms with Gasteiger partial charge in [0.15, 0.2) is 28.9 Å². The van der Waals surface area contributed by atoms with Crippen molar-refractivity contribution in [1.82, 2.24) is 4.98 Å². The molecule has 0 saturated heterocycles. The van der Waals surface area contributed by atoms with Crippen LogP contribution in [0.4, 0.5) is 27.6 Å². The first-order valence-corrected chi connectivity index (χ1v) is 8.58. The van der Waals surface area contributed by atoms with Gasteiger partial charge in [-0.1, -0.05) is 18.2 Å². The summed E-state index contributed by atoms with van der Waals surface area (Å²) in [7, 11) is 0. The molecule has 0 aliphatic heterocycles. The fourth-order valence-electron chi connectivity index (χ4n) is 2.98. The van der Waals surface area contributed by atoms with Crippen LogP contribution in [0.15, 0.2) is 46.9 Å². The Labute approximate surface area is 166 Å². The van der Waals surface area contributed by atoms with Crippen LogP contribution in [0.25, 0.3) is 22.6 Å². The highest BCUT2D eigenvalue weighted by atomic mass is 19.2. The normalized spacial score (nSPS) is 11.1. The van der Waals surface area contributed by atoms with Crippen LogP contribution < -0.4 is 5.32 Å². The number of para-hydroxylation sites is 2.